The number of nitrogens with zero attached hydrogens (tertiary/aromatic N) is 2. The van der Waals surface area contributed by atoms with Gasteiger partial charge in [-0.3, -0.25) is 4.57 Å². The van der Waals surface area contributed by atoms with Gasteiger partial charge in [0.2, 0.25) is 0 Å². The van der Waals surface area contributed by atoms with Crippen LogP contribution < -0.4 is 0 Å². The predicted octanol–water partition coefficient (Wildman–Crippen LogP) is 5.47. The van der Waals surface area contributed by atoms with E-state index in [0.717, 1.165) is 27.0 Å². The Hall–Kier alpha value is -0.910. The van der Waals surface area contributed by atoms with E-state index >= 15 is 0 Å². The Morgan fingerprint density at radius 3 is 2.52 bits per heavy atom. The molecule has 0 aliphatic carbocycles. The van der Waals surface area contributed by atoms with Gasteiger partial charge in [0.25, 0.3) is 0 Å². The molecule has 1 heterocycles. The number of hydrogen-bond acceptors (Lipinski definition) is 1. The van der Waals surface area contributed by atoms with Crippen LogP contribution in [-0.2, 0) is 6.42 Å². The highest BCUT2D eigenvalue weighted by Crippen LogP contribution is 2.27. The number of imidazole rings is 1. The van der Waals surface area contributed by atoms with Crippen LogP contribution in [0.1, 0.15) is 5.82 Å². The topological polar surface area (TPSA) is 17.8 Å². The Bertz CT molecular complexity index is 800. The number of benzene rings is 2. The number of fused-ring (bicyclic) bond motifs is 1. The molecule has 0 bridgehead atoms. The van der Waals surface area contributed by atoms with Crippen molar-refractivity contribution in [2.75, 3.05) is 5.88 Å². The minimum absolute atomic E-state index is 0.307. The molecule has 3 aromatic rings. The van der Waals surface area contributed by atoms with Crippen molar-refractivity contribution in [2.45, 2.75) is 6.42 Å². The molecule has 2 aromatic carbocycles. The first-order chi connectivity index (χ1) is 10.1. The summed E-state index contributed by atoms with van der Waals surface area (Å²) in [7, 11) is 0. The lowest BCUT2D eigenvalue weighted by Crippen LogP contribution is -2.02. The van der Waals surface area contributed by atoms with Gasteiger partial charge in [-0.2, -0.15) is 0 Å². The van der Waals surface area contributed by atoms with Crippen molar-refractivity contribution in [3.63, 3.8) is 0 Å². The summed E-state index contributed by atoms with van der Waals surface area (Å²) in [4.78, 5) is 4.57. The van der Waals surface area contributed by atoms with Gasteiger partial charge in [-0.05, 0) is 46.3 Å². The van der Waals surface area contributed by atoms with Gasteiger partial charge in [-0.1, -0.05) is 15.9 Å². The lowest BCUT2D eigenvalue weighted by atomic mass is 10.2. The van der Waals surface area contributed by atoms with E-state index in [2.05, 4.69) is 36.8 Å². The maximum absolute atomic E-state index is 13.9. The standard InChI is InChI=1S/C15H10Br2ClFN2/c16-9-1-3-10(4-2-9)21-14-8-12(19)11(17)7-13(14)20-15(21)5-6-18/h1-4,7-8H,5-6H2. The van der Waals surface area contributed by atoms with Gasteiger partial charge in [0.1, 0.15) is 11.6 Å². The van der Waals surface area contributed by atoms with E-state index in [1.807, 2.05) is 28.8 Å². The van der Waals surface area contributed by atoms with Gasteiger partial charge in [0.05, 0.1) is 15.5 Å². The van der Waals surface area contributed by atoms with Gasteiger partial charge < -0.3 is 0 Å². The number of halogens is 4. The molecule has 0 N–H and O–H groups in total. The first kappa shape index (κ1) is 15.0. The van der Waals surface area contributed by atoms with Crippen molar-refractivity contribution in [3.05, 3.63) is 57.0 Å². The zero-order valence-corrected chi connectivity index (χ0v) is 14.7. The summed E-state index contributed by atoms with van der Waals surface area (Å²) < 4.78 is 17.2. The molecule has 21 heavy (non-hydrogen) atoms. The SMILES string of the molecule is Fc1cc2c(cc1Br)nc(CCCl)n2-c1ccc(Br)cc1. The number of alkyl halides is 1. The van der Waals surface area contributed by atoms with Gasteiger partial charge in [0, 0.05) is 28.5 Å². The van der Waals surface area contributed by atoms with Crippen molar-refractivity contribution in [1.82, 2.24) is 9.55 Å². The molecule has 0 saturated heterocycles. The van der Waals surface area contributed by atoms with E-state index in [9.17, 15) is 4.39 Å². The molecule has 108 valence electrons. The molecular weight excluding hydrogens is 422 g/mol. The maximum Gasteiger partial charge on any atom is 0.139 e. The van der Waals surface area contributed by atoms with E-state index in [1.54, 1.807) is 6.07 Å². The van der Waals surface area contributed by atoms with E-state index in [0.29, 0.717) is 16.8 Å². The summed E-state index contributed by atoms with van der Waals surface area (Å²) in [6.07, 6.45) is 0.617. The molecule has 0 amide bonds. The summed E-state index contributed by atoms with van der Waals surface area (Å²) in [6.45, 7) is 0. The van der Waals surface area contributed by atoms with E-state index in [1.165, 1.54) is 6.07 Å². The normalized spacial score (nSPS) is 11.2. The maximum atomic E-state index is 13.9. The highest BCUT2D eigenvalue weighted by Gasteiger charge is 2.14. The molecule has 6 heteroatoms. The number of hydrogen-bond donors (Lipinski definition) is 0. The second kappa shape index (κ2) is 6.07. The van der Waals surface area contributed by atoms with Crippen LogP contribution in [0.4, 0.5) is 4.39 Å². The number of aryl methyl sites for hydroxylation is 1. The summed E-state index contributed by atoms with van der Waals surface area (Å²) in [5, 5.41) is 0. The monoisotopic (exact) mass is 430 g/mol. The highest BCUT2D eigenvalue weighted by molar-refractivity contribution is 9.10. The zero-order chi connectivity index (χ0) is 15.0. The second-order valence-corrected chi connectivity index (χ2v) is 6.68. The van der Waals surface area contributed by atoms with Crippen molar-refractivity contribution < 1.29 is 4.39 Å². The average Bonchev–Trinajstić information content (AvgIpc) is 2.78. The Morgan fingerprint density at radius 2 is 1.86 bits per heavy atom. The smallest absolute Gasteiger partial charge is 0.139 e. The van der Waals surface area contributed by atoms with Crippen LogP contribution in [0.2, 0.25) is 0 Å². The molecule has 3 rings (SSSR count). The van der Waals surface area contributed by atoms with E-state index < -0.39 is 0 Å². The second-order valence-electron chi connectivity index (χ2n) is 4.53. The van der Waals surface area contributed by atoms with E-state index in [4.69, 9.17) is 11.6 Å². The van der Waals surface area contributed by atoms with Crippen LogP contribution in [0.25, 0.3) is 16.7 Å². The van der Waals surface area contributed by atoms with Crippen LogP contribution in [0.3, 0.4) is 0 Å². The van der Waals surface area contributed by atoms with Gasteiger partial charge in [-0.15, -0.1) is 11.6 Å². The molecule has 0 fully saturated rings. The molecular formula is C15H10Br2ClFN2. The van der Waals surface area contributed by atoms with Crippen LogP contribution in [0, 0.1) is 5.82 Å². The molecule has 0 atom stereocenters. The lowest BCUT2D eigenvalue weighted by Gasteiger charge is -2.09. The Balaban J connectivity index is 2.29. The summed E-state index contributed by atoms with van der Waals surface area (Å²) >= 11 is 12.5. The Morgan fingerprint density at radius 1 is 1.14 bits per heavy atom. The van der Waals surface area contributed by atoms with Gasteiger partial charge in [-0.25, -0.2) is 9.37 Å². The van der Waals surface area contributed by atoms with Crippen molar-refractivity contribution >= 4 is 54.5 Å². The zero-order valence-electron chi connectivity index (χ0n) is 10.8. The minimum atomic E-state index is -0.307. The third-order valence-electron chi connectivity index (χ3n) is 3.17. The average molecular weight is 433 g/mol. The molecule has 0 aliphatic rings. The molecule has 2 nitrogen and oxygen atoms in total. The summed E-state index contributed by atoms with van der Waals surface area (Å²) in [5.74, 6) is 0.974. The van der Waals surface area contributed by atoms with Crippen LogP contribution in [-0.4, -0.2) is 15.4 Å². The third kappa shape index (κ3) is 2.87. The first-order valence-corrected chi connectivity index (χ1v) is 8.40. The Labute approximate surface area is 143 Å². The minimum Gasteiger partial charge on any atom is -0.296 e. The molecule has 0 aliphatic heterocycles. The van der Waals surface area contributed by atoms with Crippen LogP contribution >= 0.6 is 43.5 Å². The first-order valence-electron chi connectivity index (χ1n) is 6.28. The van der Waals surface area contributed by atoms with Crippen molar-refractivity contribution in [2.24, 2.45) is 0 Å². The quantitative estimate of drug-likeness (QED) is 0.502. The van der Waals surface area contributed by atoms with E-state index in [-0.39, 0.29) is 5.82 Å². The van der Waals surface area contributed by atoms with Gasteiger partial charge in [0.15, 0.2) is 0 Å². The molecule has 0 unspecified atom stereocenters. The fraction of sp³-hybridized carbons (Fsp3) is 0.133. The fourth-order valence-electron chi connectivity index (χ4n) is 2.25. The van der Waals surface area contributed by atoms with Crippen LogP contribution in [0.15, 0.2) is 45.3 Å². The lowest BCUT2D eigenvalue weighted by molar-refractivity contribution is 0.622. The fourth-order valence-corrected chi connectivity index (χ4v) is 3.02. The highest BCUT2D eigenvalue weighted by atomic mass is 79.9. The largest absolute Gasteiger partial charge is 0.296 e. The molecule has 1 aromatic heterocycles. The van der Waals surface area contributed by atoms with Gasteiger partial charge >= 0.3 is 0 Å². The predicted molar refractivity (Wildman–Crippen MR) is 90.9 cm³/mol. The van der Waals surface area contributed by atoms with Crippen molar-refractivity contribution in [1.29, 1.82) is 0 Å². The molecule has 0 saturated carbocycles. The number of rotatable bonds is 3. The molecule has 0 radical (unpaired) electrons. The summed E-state index contributed by atoms with van der Waals surface area (Å²) in [5.41, 5.74) is 2.41. The third-order valence-corrected chi connectivity index (χ3v) is 4.49. The molecule has 0 spiro atoms. The number of aromatic nitrogens is 2. The van der Waals surface area contributed by atoms with Crippen molar-refractivity contribution in [3.8, 4) is 5.69 Å². The Kier molecular flexibility index (Phi) is 4.33. The van der Waals surface area contributed by atoms with Crippen LogP contribution in [0.5, 0.6) is 0 Å². The summed E-state index contributed by atoms with van der Waals surface area (Å²) in [6, 6.07) is 11.0.